The van der Waals surface area contributed by atoms with Crippen molar-refractivity contribution in [3.05, 3.63) is 46.9 Å². The van der Waals surface area contributed by atoms with Crippen LogP contribution in [0.15, 0.2) is 51.5 Å². The quantitative estimate of drug-likeness (QED) is 0.366. The maximum Gasteiger partial charge on any atom is 0.139 e. The first-order valence-electron chi connectivity index (χ1n) is 7.04. The SMILES string of the molecule is Bc1ccc(-c2cccc(N=C)c2SC)c(C(C)(C)N=O)c1. The molecule has 112 valence electrons. The van der Waals surface area contributed by atoms with Crippen LogP contribution in [-0.2, 0) is 5.54 Å². The van der Waals surface area contributed by atoms with Gasteiger partial charge in [-0.1, -0.05) is 41.0 Å². The van der Waals surface area contributed by atoms with Crippen LogP contribution in [0, 0.1) is 4.91 Å². The molecule has 0 atom stereocenters. The molecule has 2 rings (SSSR count). The Morgan fingerprint density at radius 3 is 2.50 bits per heavy atom. The van der Waals surface area contributed by atoms with E-state index in [1.54, 1.807) is 11.8 Å². The largest absolute Gasteiger partial charge is 0.263 e. The Morgan fingerprint density at radius 2 is 1.91 bits per heavy atom. The summed E-state index contributed by atoms with van der Waals surface area (Å²) in [5.74, 6) is 0. The van der Waals surface area contributed by atoms with E-state index in [4.69, 9.17) is 0 Å². The van der Waals surface area contributed by atoms with Crippen molar-refractivity contribution in [3.63, 3.8) is 0 Å². The zero-order valence-corrected chi connectivity index (χ0v) is 14.2. The second-order valence-corrected chi connectivity index (χ2v) is 6.53. The van der Waals surface area contributed by atoms with Crippen LogP contribution in [0.2, 0.25) is 0 Å². The van der Waals surface area contributed by atoms with Crippen LogP contribution >= 0.6 is 11.8 Å². The number of aliphatic imine (C=N–C) groups is 1. The molecule has 0 radical (unpaired) electrons. The molecule has 0 aliphatic rings. The van der Waals surface area contributed by atoms with Gasteiger partial charge in [-0.05, 0) is 49.6 Å². The fourth-order valence-corrected chi connectivity index (χ4v) is 3.26. The number of benzene rings is 2. The molecule has 3 nitrogen and oxygen atoms in total. The number of rotatable bonds is 5. The minimum Gasteiger partial charge on any atom is -0.263 e. The first kappa shape index (κ1) is 16.5. The highest BCUT2D eigenvalue weighted by Crippen LogP contribution is 2.41. The molecule has 0 aliphatic heterocycles. The van der Waals surface area contributed by atoms with Crippen molar-refractivity contribution >= 4 is 37.5 Å². The van der Waals surface area contributed by atoms with Gasteiger partial charge in [-0.25, -0.2) is 0 Å². The Balaban J connectivity index is 2.79. The lowest BCUT2D eigenvalue weighted by Gasteiger charge is -2.22. The van der Waals surface area contributed by atoms with Gasteiger partial charge in [-0.3, -0.25) is 4.99 Å². The van der Waals surface area contributed by atoms with Crippen molar-refractivity contribution in [3.8, 4) is 11.1 Å². The van der Waals surface area contributed by atoms with Gasteiger partial charge in [0.2, 0.25) is 0 Å². The Bertz CT molecular complexity index is 729. The van der Waals surface area contributed by atoms with E-state index in [9.17, 15) is 4.91 Å². The van der Waals surface area contributed by atoms with Gasteiger partial charge in [0.15, 0.2) is 0 Å². The van der Waals surface area contributed by atoms with Crippen molar-refractivity contribution in [1.29, 1.82) is 0 Å². The molecule has 0 aromatic heterocycles. The fourth-order valence-electron chi connectivity index (χ4n) is 2.52. The fraction of sp³-hybridized carbons (Fsp3) is 0.235. The summed E-state index contributed by atoms with van der Waals surface area (Å²) in [7, 11) is 2.02. The molecule has 5 heteroatoms. The monoisotopic (exact) mass is 310 g/mol. The lowest BCUT2D eigenvalue weighted by Crippen LogP contribution is -2.18. The van der Waals surface area contributed by atoms with Gasteiger partial charge in [-0.15, -0.1) is 16.7 Å². The third kappa shape index (κ3) is 3.00. The molecule has 0 spiro atoms. The standard InChI is InChI=1S/C17H19BN2OS/c1-17(2,20-21)14-10-11(18)8-9-12(14)13-6-5-7-15(19-3)16(13)22-4/h5-10H,3,18H2,1-2,4H3. The summed E-state index contributed by atoms with van der Waals surface area (Å²) in [5, 5.41) is 3.32. The second-order valence-electron chi connectivity index (χ2n) is 5.72. The van der Waals surface area contributed by atoms with Crippen LogP contribution in [-0.4, -0.2) is 20.8 Å². The molecule has 2 aromatic carbocycles. The summed E-state index contributed by atoms with van der Waals surface area (Å²) >= 11 is 1.63. The molecule has 0 fully saturated rings. The van der Waals surface area contributed by atoms with Crippen LogP contribution < -0.4 is 5.46 Å². The molecule has 2 aromatic rings. The highest BCUT2D eigenvalue weighted by atomic mass is 32.2. The first-order valence-corrected chi connectivity index (χ1v) is 8.27. The molecule has 0 amide bonds. The average molecular weight is 310 g/mol. The van der Waals surface area contributed by atoms with Crippen LogP contribution in [0.3, 0.4) is 0 Å². The molecule has 0 saturated carbocycles. The minimum absolute atomic E-state index is 0.783. The third-order valence-electron chi connectivity index (χ3n) is 3.72. The lowest BCUT2D eigenvalue weighted by molar-refractivity contribution is 0.554. The van der Waals surface area contributed by atoms with E-state index >= 15 is 0 Å². The number of hydrogen-bond donors (Lipinski definition) is 0. The molecule has 0 N–H and O–H groups in total. The predicted octanol–water partition coefficient (Wildman–Crippen LogP) is 3.67. The average Bonchev–Trinajstić information content (AvgIpc) is 2.53. The highest BCUT2D eigenvalue weighted by Gasteiger charge is 2.26. The summed E-state index contributed by atoms with van der Waals surface area (Å²) in [6, 6.07) is 12.1. The number of hydrogen-bond acceptors (Lipinski definition) is 4. The normalized spacial score (nSPS) is 11.2. The predicted molar refractivity (Wildman–Crippen MR) is 99.9 cm³/mol. The van der Waals surface area contributed by atoms with E-state index in [1.165, 1.54) is 0 Å². The van der Waals surface area contributed by atoms with Crippen LogP contribution in [0.1, 0.15) is 19.4 Å². The maximum absolute atomic E-state index is 11.3. The molecule has 0 heterocycles. The maximum atomic E-state index is 11.3. The smallest absolute Gasteiger partial charge is 0.139 e. The van der Waals surface area contributed by atoms with Gasteiger partial charge in [0.25, 0.3) is 0 Å². The Hall–Kier alpha value is -1.88. The molecule has 0 saturated heterocycles. The van der Waals surface area contributed by atoms with Gasteiger partial charge in [-0.2, -0.15) is 0 Å². The minimum atomic E-state index is -0.783. The van der Waals surface area contributed by atoms with Crippen molar-refractivity contribution < 1.29 is 0 Å². The molecule has 0 unspecified atom stereocenters. The number of thioether (sulfide) groups is 1. The number of nitrogens with zero attached hydrogens (tertiary/aromatic N) is 2. The van der Waals surface area contributed by atoms with Gasteiger partial charge in [0.05, 0.1) is 5.69 Å². The van der Waals surface area contributed by atoms with Gasteiger partial charge < -0.3 is 0 Å². The molecule has 0 aliphatic carbocycles. The summed E-state index contributed by atoms with van der Waals surface area (Å²) in [5.41, 5.74) is 4.19. The van der Waals surface area contributed by atoms with Crippen molar-refractivity contribution in [2.24, 2.45) is 10.2 Å². The third-order valence-corrected chi connectivity index (χ3v) is 4.56. The van der Waals surface area contributed by atoms with Crippen molar-refractivity contribution in [1.82, 2.24) is 0 Å². The summed E-state index contributed by atoms with van der Waals surface area (Å²) in [6.45, 7) is 7.32. The highest BCUT2D eigenvalue weighted by molar-refractivity contribution is 7.98. The van der Waals surface area contributed by atoms with Crippen LogP contribution in [0.5, 0.6) is 0 Å². The van der Waals surface area contributed by atoms with E-state index in [0.29, 0.717) is 0 Å². The molecular weight excluding hydrogens is 291 g/mol. The van der Waals surface area contributed by atoms with Crippen LogP contribution in [0.25, 0.3) is 11.1 Å². The van der Waals surface area contributed by atoms with Gasteiger partial charge in [0, 0.05) is 4.90 Å². The van der Waals surface area contributed by atoms with E-state index in [-0.39, 0.29) is 0 Å². The van der Waals surface area contributed by atoms with E-state index in [2.05, 4.69) is 35.1 Å². The zero-order chi connectivity index (χ0) is 16.3. The summed E-state index contributed by atoms with van der Waals surface area (Å²) < 4.78 is 0. The first-order chi connectivity index (χ1) is 10.4. The summed E-state index contributed by atoms with van der Waals surface area (Å²) in [6.07, 6.45) is 2.02. The topological polar surface area (TPSA) is 41.8 Å². The van der Waals surface area contributed by atoms with Crippen molar-refractivity contribution in [2.75, 3.05) is 6.26 Å². The van der Waals surface area contributed by atoms with E-state index in [0.717, 1.165) is 32.7 Å². The number of nitroso groups, excluding NO2 is 1. The Labute approximate surface area is 136 Å². The molecule has 0 bridgehead atoms. The van der Waals surface area contributed by atoms with E-state index in [1.807, 2.05) is 46.1 Å². The Kier molecular flexibility index (Phi) is 4.86. The van der Waals surface area contributed by atoms with Gasteiger partial charge in [0.1, 0.15) is 13.4 Å². The zero-order valence-electron chi connectivity index (χ0n) is 13.4. The van der Waals surface area contributed by atoms with Crippen LogP contribution in [0.4, 0.5) is 5.69 Å². The lowest BCUT2D eigenvalue weighted by atomic mass is 9.82. The van der Waals surface area contributed by atoms with Gasteiger partial charge >= 0.3 is 0 Å². The Morgan fingerprint density at radius 1 is 1.18 bits per heavy atom. The second kappa shape index (κ2) is 6.49. The van der Waals surface area contributed by atoms with Crippen molar-refractivity contribution in [2.45, 2.75) is 24.3 Å². The molecule has 22 heavy (non-hydrogen) atoms. The van der Waals surface area contributed by atoms with E-state index < -0.39 is 5.54 Å². The molecular formula is C17H19BN2OS. The summed E-state index contributed by atoms with van der Waals surface area (Å²) in [4.78, 5) is 16.5.